The van der Waals surface area contributed by atoms with Crippen molar-refractivity contribution in [2.45, 2.75) is 13.8 Å². The molecule has 4 rings (SSSR count). The number of amides is 2. The molecule has 1 aliphatic heterocycles. The van der Waals surface area contributed by atoms with Crippen molar-refractivity contribution in [1.29, 1.82) is 0 Å². The summed E-state index contributed by atoms with van der Waals surface area (Å²) in [5.41, 5.74) is 2.88. The Morgan fingerprint density at radius 2 is 1.67 bits per heavy atom. The lowest BCUT2D eigenvalue weighted by Gasteiger charge is -2.21. The number of nitrogens with zero attached hydrogens (tertiary/aromatic N) is 1. The first kappa shape index (κ1) is 15.5. The molecule has 5 heteroatoms. The van der Waals surface area contributed by atoms with Crippen molar-refractivity contribution in [2.75, 3.05) is 12.0 Å². The molecule has 2 amide bonds. The molecule has 2 bridgehead atoms. The van der Waals surface area contributed by atoms with Gasteiger partial charge in [-0.2, -0.15) is 0 Å². The number of methoxy groups -OCH3 is 1. The number of rotatable bonds is 2. The number of benzene rings is 1. The molecule has 1 saturated heterocycles. The summed E-state index contributed by atoms with van der Waals surface area (Å²) >= 11 is 6.08. The van der Waals surface area contributed by atoms with Gasteiger partial charge in [-0.15, -0.1) is 0 Å². The third-order valence-electron chi connectivity index (χ3n) is 5.37. The van der Waals surface area contributed by atoms with E-state index >= 15 is 0 Å². The Morgan fingerprint density at radius 1 is 1.08 bits per heavy atom. The highest BCUT2D eigenvalue weighted by molar-refractivity contribution is 6.31. The SMILES string of the molecule is COc1ccc(Cl)cc1N1C(=O)[C@@H]2[C@H](C1=O)[C@H]1C=C[C@H]2C1=C(C)C. The van der Waals surface area contributed by atoms with Crippen molar-refractivity contribution in [1.82, 2.24) is 0 Å². The van der Waals surface area contributed by atoms with Crippen LogP contribution in [0.2, 0.25) is 5.02 Å². The molecule has 1 heterocycles. The number of halogens is 1. The molecule has 124 valence electrons. The second-order valence-corrected chi connectivity index (χ2v) is 7.21. The van der Waals surface area contributed by atoms with E-state index in [2.05, 4.69) is 26.0 Å². The largest absolute Gasteiger partial charge is 0.495 e. The van der Waals surface area contributed by atoms with E-state index < -0.39 is 0 Å². The minimum absolute atomic E-state index is 0.0385. The number of allylic oxidation sites excluding steroid dienone is 4. The van der Waals surface area contributed by atoms with Crippen molar-refractivity contribution in [2.24, 2.45) is 23.7 Å². The molecule has 3 aliphatic rings. The molecule has 2 fully saturated rings. The van der Waals surface area contributed by atoms with Gasteiger partial charge in [-0.05, 0) is 32.0 Å². The van der Waals surface area contributed by atoms with Gasteiger partial charge in [0.05, 0.1) is 24.6 Å². The van der Waals surface area contributed by atoms with Crippen LogP contribution in [0, 0.1) is 23.7 Å². The smallest absolute Gasteiger partial charge is 0.238 e. The molecule has 0 unspecified atom stereocenters. The maximum Gasteiger partial charge on any atom is 0.238 e. The van der Waals surface area contributed by atoms with Gasteiger partial charge in [0.2, 0.25) is 11.8 Å². The third kappa shape index (κ3) is 1.86. The number of hydrogen-bond acceptors (Lipinski definition) is 3. The van der Waals surface area contributed by atoms with E-state index in [4.69, 9.17) is 16.3 Å². The first-order valence-electron chi connectivity index (χ1n) is 8.02. The Morgan fingerprint density at radius 3 is 2.17 bits per heavy atom. The lowest BCUT2D eigenvalue weighted by molar-refractivity contribution is -0.123. The molecule has 4 nitrogen and oxygen atoms in total. The highest BCUT2D eigenvalue weighted by atomic mass is 35.5. The van der Waals surface area contributed by atoms with Gasteiger partial charge in [0, 0.05) is 16.9 Å². The summed E-state index contributed by atoms with van der Waals surface area (Å²) in [6, 6.07) is 4.98. The minimum atomic E-state index is -0.305. The molecule has 24 heavy (non-hydrogen) atoms. The van der Waals surface area contributed by atoms with Crippen molar-refractivity contribution in [3.8, 4) is 5.75 Å². The summed E-state index contributed by atoms with van der Waals surface area (Å²) in [6.07, 6.45) is 4.16. The Hall–Kier alpha value is -2.07. The maximum absolute atomic E-state index is 13.1. The Bertz CT molecular complexity index is 788. The van der Waals surface area contributed by atoms with Gasteiger partial charge < -0.3 is 4.74 Å². The number of anilines is 1. The molecule has 0 aromatic heterocycles. The number of fused-ring (bicyclic) bond motifs is 5. The van der Waals surface area contributed by atoms with Crippen LogP contribution in [-0.2, 0) is 9.59 Å². The van der Waals surface area contributed by atoms with Gasteiger partial charge in [0.1, 0.15) is 5.75 Å². The van der Waals surface area contributed by atoms with Gasteiger partial charge in [0.25, 0.3) is 0 Å². The van der Waals surface area contributed by atoms with E-state index in [0.717, 1.165) is 0 Å². The molecule has 0 N–H and O–H groups in total. The summed E-state index contributed by atoms with van der Waals surface area (Å²) in [5.74, 6) is -0.360. The zero-order valence-electron chi connectivity index (χ0n) is 13.7. The summed E-state index contributed by atoms with van der Waals surface area (Å²) < 4.78 is 5.33. The molecule has 1 aromatic rings. The molecule has 0 radical (unpaired) electrons. The zero-order valence-corrected chi connectivity index (χ0v) is 14.5. The van der Waals surface area contributed by atoms with Crippen molar-refractivity contribution >= 4 is 29.1 Å². The van der Waals surface area contributed by atoms with Crippen LogP contribution in [0.4, 0.5) is 5.69 Å². The number of ether oxygens (including phenoxy) is 1. The highest BCUT2D eigenvalue weighted by Crippen LogP contribution is 2.57. The Labute approximate surface area is 145 Å². The maximum atomic E-state index is 13.1. The van der Waals surface area contributed by atoms with Crippen LogP contribution in [0.25, 0.3) is 0 Å². The minimum Gasteiger partial charge on any atom is -0.495 e. The van der Waals surface area contributed by atoms with Crippen LogP contribution in [0.5, 0.6) is 5.75 Å². The molecule has 0 spiro atoms. The second-order valence-electron chi connectivity index (χ2n) is 6.77. The quantitative estimate of drug-likeness (QED) is 0.609. The van der Waals surface area contributed by atoms with E-state index in [9.17, 15) is 9.59 Å². The molecular weight excluding hydrogens is 326 g/mol. The van der Waals surface area contributed by atoms with E-state index in [1.807, 2.05) is 0 Å². The fourth-order valence-corrected chi connectivity index (χ4v) is 4.67. The number of carbonyl (C=O) groups excluding carboxylic acids is 2. The average molecular weight is 344 g/mol. The summed E-state index contributed by atoms with van der Waals surface area (Å²) in [6.45, 7) is 4.10. The standard InChI is InChI=1S/C19H18ClNO3/c1-9(2)15-11-5-6-12(15)17-16(11)18(22)21(19(17)23)13-8-10(20)4-7-14(13)24-3/h4-8,11-12,16-17H,1-3H3/t11-,12-,16-,17+/m0/s1. The number of carbonyl (C=O) groups is 2. The van der Waals surface area contributed by atoms with Crippen LogP contribution in [0.3, 0.4) is 0 Å². The summed E-state index contributed by atoms with van der Waals surface area (Å²) in [7, 11) is 1.52. The molecular formula is C19H18ClNO3. The molecule has 1 saturated carbocycles. The van der Waals surface area contributed by atoms with Crippen molar-refractivity contribution < 1.29 is 14.3 Å². The van der Waals surface area contributed by atoms with Crippen molar-refractivity contribution in [3.63, 3.8) is 0 Å². The van der Waals surface area contributed by atoms with E-state index in [1.54, 1.807) is 18.2 Å². The van der Waals surface area contributed by atoms with E-state index in [0.29, 0.717) is 16.5 Å². The fourth-order valence-electron chi connectivity index (χ4n) is 4.51. The van der Waals surface area contributed by atoms with Gasteiger partial charge in [-0.25, -0.2) is 4.90 Å². The monoisotopic (exact) mass is 343 g/mol. The Kier molecular flexibility index (Phi) is 3.36. The van der Waals surface area contributed by atoms with Crippen molar-refractivity contribution in [3.05, 3.63) is 46.5 Å². The van der Waals surface area contributed by atoms with Crippen LogP contribution in [-0.4, -0.2) is 18.9 Å². The van der Waals surface area contributed by atoms with Crippen LogP contribution < -0.4 is 9.64 Å². The lowest BCUT2D eigenvalue weighted by atomic mass is 9.85. The Balaban J connectivity index is 1.80. The number of hydrogen-bond donors (Lipinski definition) is 0. The highest BCUT2D eigenvalue weighted by Gasteiger charge is 2.62. The molecule has 4 atom stereocenters. The first-order chi connectivity index (χ1) is 11.5. The average Bonchev–Trinajstić information content (AvgIpc) is 3.17. The molecule has 2 aliphatic carbocycles. The molecule has 1 aromatic carbocycles. The van der Waals surface area contributed by atoms with E-state index in [1.165, 1.54) is 23.2 Å². The third-order valence-corrected chi connectivity index (χ3v) is 5.61. The summed E-state index contributed by atoms with van der Waals surface area (Å²) in [4.78, 5) is 27.4. The lowest BCUT2D eigenvalue weighted by Crippen LogP contribution is -2.33. The van der Waals surface area contributed by atoms with Gasteiger partial charge in [0.15, 0.2) is 0 Å². The summed E-state index contributed by atoms with van der Waals surface area (Å²) in [5, 5.41) is 0.467. The van der Waals surface area contributed by atoms with Crippen LogP contribution in [0.15, 0.2) is 41.5 Å². The van der Waals surface area contributed by atoms with E-state index in [-0.39, 0.29) is 35.5 Å². The fraction of sp³-hybridized carbons (Fsp3) is 0.368. The van der Waals surface area contributed by atoms with Gasteiger partial charge in [-0.3, -0.25) is 9.59 Å². The van der Waals surface area contributed by atoms with Crippen LogP contribution in [0.1, 0.15) is 13.8 Å². The second kappa shape index (κ2) is 5.21. The number of imide groups is 1. The van der Waals surface area contributed by atoms with Gasteiger partial charge in [-0.1, -0.05) is 34.9 Å². The normalized spacial score (nSPS) is 30.3. The predicted molar refractivity (Wildman–Crippen MR) is 92.0 cm³/mol. The van der Waals surface area contributed by atoms with Gasteiger partial charge >= 0.3 is 0 Å². The first-order valence-corrected chi connectivity index (χ1v) is 8.40. The predicted octanol–water partition coefficient (Wildman–Crippen LogP) is 3.61. The zero-order chi connectivity index (χ0) is 17.2. The topological polar surface area (TPSA) is 46.6 Å². The van der Waals surface area contributed by atoms with Crippen LogP contribution >= 0.6 is 11.6 Å².